The van der Waals surface area contributed by atoms with E-state index < -0.39 is 0 Å². The molecule has 1 unspecified atom stereocenters. The fourth-order valence-corrected chi connectivity index (χ4v) is 1.76. The van der Waals surface area contributed by atoms with E-state index in [-0.39, 0.29) is 11.9 Å². The molecule has 7 heteroatoms. The van der Waals surface area contributed by atoms with Gasteiger partial charge in [0.15, 0.2) is 5.16 Å². The maximum absolute atomic E-state index is 11.6. The summed E-state index contributed by atoms with van der Waals surface area (Å²) in [6, 6.07) is 1.87. The maximum Gasteiger partial charge on any atom is 0.221 e. The predicted octanol–water partition coefficient (Wildman–Crippen LogP) is 1.50. The van der Waals surface area contributed by atoms with Crippen molar-refractivity contribution in [2.45, 2.75) is 37.9 Å². The van der Waals surface area contributed by atoms with E-state index in [2.05, 4.69) is 20.6 Å². The quantitative estimate of drug-likeness (QED) is 0.519. The number of hydrogen-bond acceptors (Lipinski definition) is 6. The van der Waals surface area contributed by atoms with Crippen molar-refractivity contribution in [2.24, 2.45) is 0 Å². The van der Waals surface area contributed by atoms with Crippen molar-refractivity contribution in [3.63, 3.8) is 0 Å². The fraction of sp³-hybridized carbons (Fsp3) is 0.583. The summed E-state index contributed by atoms with van der Waals surface area (Å²) in [6.07, 6.45) is 3.22. The molecule has 0 aliphatic carbocycles. The highest BCUT2D eigenvalue weighted by atomic mass is 32.2. The third-order valence-electron chi connectivity index (χ3n) is 2.59. The van der Waals surface area contributed by atoms with Crippen molar-refractivity contribution >= 4 is 29.3 Å². The summed E-state index contributed by atoms with van der Waals surface area (Å²) < 4.78 is 0. The van der Waals surface area contributed by atoms with Gasteiger partial charge in [-0.25, -0.2) is 9.97 Å². The average Bonchev–Trinajstić information content (AvgIpc) is 2.37. The molecule has 0 spiro atoms. The summed E-state index contributed by atoms with van der Waals surface area (Å²) in [4.78, 5) is 19.9. The van der Waals surface area contributed by atoms with E-state index in [0.717, 1.165) is 6.42 Å². The van der Waals surface area contributed by atoms with Crippen LogP contribution >= 0.6 is 11.8 Å². The van der Waals surface area contributed by atoms with E-state index in [1.807, 2.05) is 20.1 Å². The van der Waals surface area contributed by atoms with Crippen LogP contribution in [0.2, 0.25) is 0 Å². The first-order chi connectivity index (χ1) is 9.05. The topological polar surface area (TPSA) is 92.9 Å². The van der Waals surface area contributed by atoms with Crippen LogP contribution in [0.1, 0.15) is 26.7 Å². The summed E-state index contributed by atoms with van der Waals surface area (Å²) in [6.45, 7) is 4.55. The number of carbonyl (C=O) groups excluding carboxylic acids is 1. The molecule has 0 saturated heterocycles. The van der Waals surface area contributed by atoms with Gasteiger partial charge in [-0.15, -0.1) is 0 Å². The molecular weight excluding hydrogens is 262 g/mol. The third-order valence-corrected chi connectivity index (χ3v) is 3.13. The zero-order valence-electron chi connectivity index (χ0n) is 11.6. The molecule has 0 radical (unpaired) electrons. The minimum absolute atomic E-state index is 0.0361. The number of nitrogens with one attached hydrogen (secondary N) is 2. The number of nitrogen functional groups attached to an aromatic ring is 1. The van der Waals surface area contributed by atoms with Gasteiger partial charge in [0.2, 0.25) is 5.91 Å². The second-order valence-corrected chi connectivity index (χ2v) is 4.99. The van der Waals surface area contributed by atoms with Crippen molar-refractivity contribution < 1.29 is 4.79 Å². The van der Waals surface area contributed by atoms with Crippen LogP contribution in [-0.4, -0.2) is 34.7 Å². The van der Waals surface area contributed by atoms with Gasteiger partial charge in [-0.05, 0) is 19.6 Å². The van der Waals surface area contributed by atoms with Crippen LogP contribution < -0.4 is 16.4 Å². The first kappa shape index (κ1) is 15.6. The van der Waals surface area contributed by atoms with Crippen LogP contribution in [0, 0.1) is 0 Å². The molecule has 0 saturated carbocycles. The SMILES string of the molecule is CCC(C)NC(=O)CCNc1cc(N)nc(SC)n1. The molecule has 0 bridgehead atoms. The molecule has 19 heavy (non-hydrogen) atoms. The molecule has 1 aromatic rings. The smallest absolute Gasteiger partial charge is 0.221 e. The number of amides is 1. The van der Waals surface area contributed by atoms with Crippen molar-refractivity contribution in [1.29, 1.82) is 0 Å². The Bertz CT molecular complexity index is 427. The Labute approximate surface area is 118 Å². The normalized spacial score (nSPS) is 11.9. The van der Waals surface area contributed by atoms with Gasteiger partial charge in [0.05, 0.1) is 0 Å². The minimum Gasteiger partial charge on any atom is -0.383 e. The molecule has 0 aliphatic heterocycles. The second kappa shape index (κ2) is 7.83. The Balaban J connectivity index is 2.40. The number of rotatable bonds is 7. The summed E-state index contributed by atoms with van der Waals surface area (Å²) in [5.41, 5.74) is 5.67. The fourth-order valence-electron chi connectivity index (χ4n) is 1.38. The van der Waals surface area contributed by atoms with E-state index in [0.29, 0.717) is 29.8 Å². The second-order valence-electron chi connectivity index (χ2n) is 4.22. The van der Waals surface area contributed by atoms with E-state index in [4.69, 9.17) is 5.73 Å². The van der Waals surface area contributed by atoms with Gasteiger partial charge in [-0.3, -0.25) is 4.79 Å². The number of nitrogens with zero attached hydrogens (tertiary/aromatic N) is 2. The van der Waals surface area contributed by atoms with Crippen LogP contribution in [0.4, 0.5) is 11.6 Å². The lowest BCUT2D eigenvalue weighted by atomic mass is 10.2. The molecule has 1 aromatic heterocycles. The molecule has 6 nitrogen and oxygen atoms in total. The van der Waals surface area contributed by atoms with Crippen molar-refractivity contribution in [2.75, 3.05) is 23.9 Å². The lowest BCUT2D eigenvalue weighted by Crippen LogP contribution is -2.33. The van der Waals surface area contributed by atoms with Crippen LogP contribution in [0.3, 0.4) is 0 Å². The maximum atomic E-state index is 11.6. The molecule has 1 heterocycles. The first-order valence-corrected chi connectivity index (χ1v) is 7.49. The van der Waals surface area contributed by atoms with Gasteiger partial charge >= 0.3 is 0 Å². The van der Waals surface area contributed by atoms with Gasteiger partial charge in [-0.1, -0.05) is 18.7 Å². The van der Waals surface area contributed by atoms with Crippen LogP contribution in [0.15, 0.2) is 11.2 Å². The number of carbonyl (C=O) groups is 1. The Kier molecular flexibility index (Phi) is 6.41. The molecule has 1 rings (SSSR count). The van der Waals surface area contributed by atoms with Crippen molar-refractivity contribution in [3.05, 3.63) is 6.07 Å². The molecule has 4 N–H and O–H groups in total. The first-order valence-electron chi connectivity index (χ1n) is 6.27. The summed E-state index contributed by atoms with van der Waals surface area (Å²) in [7, 11) is 0. The monoisotopic (exact) mass is 283 g/mol. The Morgan fingerprint density at radius 2 is 2.26 bits per heavy atom. The predicted molar refractivity (Wildman–Crippen MR) is 79.2 cm³/mol. The van der Waals surface area contributed by atoms with Crippen LogP contribution in [0.25, 0.3) is 0 Å². The lowest BCUT2D eigenvalue weighted by molar-refractivity contribution is -0.121. The highest BCUT2D eigenvalue weighted by Crippen LogP contribution is 2.14. The molecular formula is C12H21N5OS. The third kappa shape index (κ3) is 5.78. The Hall–Kier alpha value is -1.50. The highest BCUT2D eigenvalue weighted by molar-refractivity contribution is 7.98. The van der Waals surface area contributed by atoms with Crippen LogP contribution in [-0.2, 0) is 4.79 Å². The molecule has 1 amide bonds. The molecule has 106 valence electrons. The molecule has 0 aromatic carbocycles. The van der Waals surface area contributed by atoms with E-state index in [1.54, 1.807) is 6.07 Å². The van der Waals surface area contributed by atoms with Crippen LogP contribution in [0.5, 0.6) is 0 Å². The molecule has 1 atom stereocenters. The number of anilines is 2. The Morgan fingerprint density at radius 3 is 2.89 bits per heavy atom. The van der Waals surface area contributed by atoms with Gasteiger partial charge in [0, 0.05) is 25.1 Å². The van der Waals surface area contributed by atoms with Gasteiger partial charge in [0.25, 0.3) is 0 Å². The standard InChI is InChI=1S/C12H21N5OS/c1-4-8(2)15-11(18)5-6-14-10-7-9(13)16-12(17-10)19-3/h7-8H,4-6H2,1-3H3,(H,15,18)(H3,13,14,16,17). The van der Waals surface area contributed by atoms with Crippen molar-refractivity contribution in [3.8, 4) is 0 Å². The van der Waals surface area contributed by atoms with Gasteiger partial charge in [-0.2, -0.15) is 0 Å². The van der Waals surface area contributed by atoms with E-state index in [9.17, 15) is 4.79 Å². The lowest BCUT2D eigenvalue weighted by Gasteiger charge is -2.12. The Morgan fingerprint density at radius 1 is 1.53 bits per heavy atom. The van der Waals surface area contributed by atoms with E-state index in [1.165, 1.54) is 11.8 Å². The number of nitrogens with two attached hydrogens (primary N) is 1. The number of hydrogen-bond donors (Lipinski definition) is 3. The van der Waals surface area contributed by atoms with Gasteiger partial charge in [0.1, 0.15) is 11.6 Å². The zero-order valence-corrected chi connectivity index (χ0v) is 12.4. The van der Waals surface area contributed by atoms with E-state index >= 15 is 0 Å². The van der Waals surface area contributed by atoms with Gasteiger partial charge < -0.3 is 16.4 Å². The average molecular weight is 283 g/mol. The molecule has 0 aliphatic rings. The summed E-state index contributed by atoms with van der Waals surface area (Å²) >= 11 is 1.43. The summed E-state index contributed by atoms with van der Waals surface area (Å²) in [5, 5.41) is 6.60. The zero-order chi connectivity index (χ0) is 14.3. The number of thioether (sulfide) groups is 1. The summed E-state index contributed by atoms with van der Waals surface area (Å²) in [5.74, 6) is 1.10. The number of aromatic nitrogens is 2. The highest BCUT2D eigenvalue weighted by Gasteiger charge is 2.06. The largest absolute Gasteiger partial charge is 0.383 e. The van der Waals surface area contributed by atoms with Crippen molar-refractivity contribution in [1.82, 2.24) is 15.3 Å². The molecule has 0 fully saturated rings. The minimum atomic E-state index is 0.0361.